The van der Waals surface area contributed by atoms with E-state index in [4.69, 9.17) is 42.6 Å². The van der Waals surface area contributed by atoms with E-state index in [0.29, 0.717) is 0 Å². The lowest BCUT2D eigenvalue weighted by atomic mass is 9.93. The van der Waals surface area contributed by atoms with Gasteiger partial charge in [-0.15, -0.1) is 0 Å². The molecule has 0 bridgehead atoms. The van der Waals surface area contributed by atoms with E-state index in [1.54, 1.807) is 0 Å². The number of carbonyl (C=O) groups excluding carboxylic acids is 3. The third-order valence-corrected chi connectivity index (χ3v) is 12.1. The van der Waals surface area contributed by atoms with Crippen molar-refractivity contribution in [2.45, 2.75) is 174 Å². The van der Waals surface area contributed by atoms with Crippen molar-refractivity contribution in [1.82, 2.24) is 16.0 Å². The first-order valence-electron chi connectivity index (χ1n) is 21.2. The van der Waals surface area contributed by atoms with E-state index in [0.717, 1.165) is 20.8 Å². The number of amides is 3. The topological polar surface area (TPSA) is 497 Å². The first-order valence-corrected chi connectivity index (χ1v) is 22.6. The van der Waals surface area contributed by atoms with Crippen LogP contribution in [0.25, 0.3) is 0 Å². The van der Waals surface area contributed by atoms with Gasteiger partial charge < -0.3 is 125 Å². The van der Waals surface area contributed by atoms with Crippen LogP contribution in [0.15, 0.2) is 0 Å². The lowest BCUT2D eigenvalue weighted by Crippen LogP contribution is -2.71. The zero-order chi connectivity index (χ0) is 51.4. The molecule has 0 aliphatic carbocycles. The average molecular weight is 1030 g/mol. The lowest BCUT2D eigenvalue weighted by Gasteiger charge is -2.50. The van der Waals surface area contributed by atoms with Crippen molar-refractivity contribution in [1.29, 1.82) is 0 Å². The van der Waals surface area contributed by atoms with Crippen LogP contribution >= 0.6 is 0 Å². The lowest BCUT2D eigenvalue weighted by molar-refractivity contribution is -0.360. The highest BCUT2D eigenvalue weighted by atomic mass is 32.3. The van der Waals surface area contributed by atoms with E-state index < -0.39 is 214 Å². The second kappa shape index (κ2) is 24.4. The summed E-state index contributed by atoms with van der Waals surface area (Å²) in [5.74, 6) is -2.51. The summed E-state index contributed by atoms with van der Waals surface area (Å²) in [6.07, 6.45) is -41.8. The van der Waals surface area contributed by atoms with Crippen LogP contribution in [0.2, 0.25) is 0 Å². The molecule has 0 spiro atoms. The number of nitrogens with one attached hydrogen (secondary N) is 3. The third-order valence-electron chi connectivity index (χ3n) is 11.7. The van der Waals surface area contributed by atoms with E-state index in [9.17, 15) is 93.7 Å². The first kappa shape index (κ1) is 57.3. The molecule has 4 unspecified atom stereocenters. The summed E-state index contributed by atoms with van der Waals surface area (Å²) < 4.78 is 88.4. The van der Waals surface area contributed by atoms with E-state index >= 15 is 0 Å². The SMILES string of the molecule is CC(=O)N[C@@H]1[C@@H](OC2O[C@H](CO)[C@@H](O)[C@H](OC3O[C@H](CO)[C@H](O)[C@H](O)[C@H]3O)[C@H]2NC(C)=O)[C@@H](O)[C@@H](COC2O[C@H](COS(=O)(=O)O)[C@@H](OC3O[C@H](CO)[C@H](O)[C@H](O)[C@H]3O)[C@H](O)[C@H]2NC(C)=O)O[C@@H]1O. The van der Waals surface area contributed by atoms with Crippen LogP contribution in [0.1, 0.15) is 20.8 Å². The molecule has 17 N–H and O–H groups in total. The van der Waals surface area contributed by atoms with Gasteiger partial charge in [0.15, 0.2) is 31.5 Å². The number of aliphatic hydroxyl groups is 13. The van der Waals surface area contributed by atoms with Gasteiger partial charge in [-0.2, -0.15) is 8.42 Å². The van der Waals surface area contributed by atoms with Gasteiger partial charge in [0.25, 0.3) is 0 Å². The van der Waals surface area contributed by atoms with Crippen LogP contribution in [0, 0.1) is 0 Å². The van der Waals surface area contributed by atoms with E-state index in [1.807, 2.05) is 0 Å². The minimum atomic E-state index is -5.26. The normalized spacial score (nSPS) is 45.3. The Labute approximate surface area is 391 Å². The van der Waals surface area contributed by atoms with Gasteiger partial charge in [-0.3, -0.25) is 18.9 Å². The second-order valence-corrected chi connectivity index (χ2v) is 17.8. The molecule has 32 nitrogen and oxygen atoms in total. The Morgan fingerprint density at radius 1 is 0.449 bits per heavy atom. The molecule has 3 amide bonds. The van der Waals surface area contributed by atoms with Crippen molar-refractivity contribution >= 4 is 28.1 Å². The summed E-state index contributed by atoms with van der Waals surface area (Å²) in [7, 11) is -5.26. The average Bonchev–Trinajstić information content (AvgIpc) is 3.27. The Kier molecular flexibility index (Phi) is 20.3. The Morgan fingerprint density at radius 2 is 0.855 bits per heavy atom. The Balaban J connectivity index is 1.42. The Bertz CT molecular complexity index is 1810. The molecule has 0 aromatic heterocycles. The summed E-state index contributed by atoms with van der Waals surface area (Å²) in [5, 5.41) is 145. The number of hydrogen-bond donors (Lipinski definition) is 17. The molecule has 5 aliphatic rings. The minimum absolute atomic E-state index is 0.824. The molecule has 5 saturated heterocycles. The van der Waals surface area contributed by atoms with Gasteiger partial charge in [0.1, 0.15) is 122 Å². The summed E-state index contributed by atoms with van der Waals surface area (Å²) in [5.41, 5.74) is 0. The van der Waals surface area contributed by atoms with Gasteiger partial charge in [0, 0.05) is 20.8 Å². The Morgan fingerprint density at radius 3 is 1.35 bits per heavy atom. The molecule has 5 fully saturated rings. The predicted molar refractivity (Wildman–Crippen MR) is 212 cm³/mol. The van der Waals surface area contributed by atoms with Gasteiger partial charge in [-0.25, -0.2) is 4.18 Å². The maximum atomic E-state index is 12.6. The zero-order valence-electron chi connectivity index (χ0n) is 36.8. The second-order valence-electron chi connectivity index (χ2n) is 16.7. The van der Waals surface area contributed by atoms with Crippen molar-refractivity contribution in [3.8, 4) is 0 Å². The number of hydrogen-bond acceptors (Lipinski definition) is 28. The highest BCUT2D eigenvalue weighted by molar-refractivity contribution is 7.80. The summed E-state index contributed by atoms with van der Waals surface area (Å²) >= 11 is 0. The van der Waals surface area contributed by atoms with Crippen LogP contribution in [-0.4, -0.2) is 283 Å². The van der Waals surface area contributed by atoms with Gasteiger partial charge >= 0.3 is 10.4 Å². The molecular weight excluding hydrogens is 970 g/mol. The molecule has 5 rings (SSSR count). The quantitative estimate of drug-likeness (QED) is 0.0567. The summed E-state index contributed by atoms with van der Waals surface area (Å²) in [6, 6.07) is -5.19. The largest absolute Gasteiger partial charge is 0.397 e. The van der Waals surface area contributed by atoms with E-state index in [1.165, 1.54) is 0 Å². The highest BCUT2D eigenvalue weighted by Gasteiger charge is 2.56. The van der Waals surface area contributed by atoms with Crippen LogP contribution in [0.3, 0.4) is 0 Å². The molecule has 0 aromatic rings. The van der Waals surface area contributed by atoms with Gasteiger partial charge in [0.05, 0.1) is 33.0 Å². The van der Waals surface area contributed by atoms with Crippen LogP contribution in [0.4, 0.5) is 0 Å². The van der Waals surface area contributed by atoms with Crippen molar-refractivity contribution in [3.63, 3.8) is 0 Å². The number of carbonyl (C=O) groups is 3. The molecule has 69 heavy (non-hydrogen) atoms. The van der Waals surface area contributed by atoms with Gasteiger partial charge in [-0.05, 0) is 0 Å². The molecule has 33 heteroatoms. The fraction of sp³-hybridized carbons (Fsp3) is 0.917. The zero-order valence-corrected chi connectivity index (χ0v) is 37.6. The molecule has 0 aromatic carbocycles. The molecule has 0 saturated carbocycles. The van der Waals surface area contributed by atoms with E-state index in [2.05, 4.69) is 20.1 Å². The predicted octanol–water partition coefficient (Wildman–Crippen LogP) is -11.7. The fourth-order valence-corrected chi connectivity index (χ4v) is 8.58. The molecule has 0 radical (unpaired) electrons. The minimum Gasteiger partial charge on any atom is -0.394 e. The molecule has 25 atom stereocenters. The highest BCUT2D eigenvalue weighted by Crippen LogP contribution is 2.35. The maximum Gasteiger partial charge on any atom is 0.397 e. The van der Waals surface area contributed by atoms with Crippen molar-refractivity contribution in [2.24, 2.45) is 0 Å². The summed E-state index contributed by atoms with van der Waals surface area (Å²) in [6.45, 7) is -1.89. The van der Waals surface area contributed by atoms with Crippen LogP contribution in [0.5, 0.6) is 0 Å². The van der Waals surface area contributed by atoms with Gasteiger partial charge in [-0.1, -0.05) is 0 Å². The van der Waals surface area contributed by atoms with Crippen LogP contribution < -0.4 is 16.0 Å². The van der Waals surface area contributed by atoms with E-state index in [-0.39, 0.29) is 0 Å². The maximum absolute atomic E-state index is 12.6. The Hall–Kier alpha value is -2.60. The first-order chi connectivity index (χ1) is 32.3. The third kappa shape index (κ3) is 13.7. The molecule has 5 heterocycles. The monoisotopic (exact) mass is 1030 g/mol. The summed E-state index contributed by atoms with van der Waals surface area (Å²) in [4.78, 5) is 37.4. The van der Waals surface area contributed by atoms with Crippen molar-refractivity contribution in [2.75, 3.05) is 33.0 Å². The van der Waals surface area contributed by atoms with Crippen molar-refractivity contribution < 1.29 is 141 Å². The number of aliphatic hydroxyl groups excluding tert-OH is 13. The smallest absolute Gasteiger partial charge is 0.394 e. The van der Waals surface area contributed by atoms with Crippen LogP contribution in [-0.2, 0) is 71.6 Å². The van der Waals surface area contributed by atoms with Gasteiger partial charge in [0.2, 0.25) is 17.7 Å². The molecule has 5 aliphatic heterocycles. The standard InChI is InChI=1S/C36H61N3O29S/c1-9(43)37-17-24(50)29(66-35-27(53)25(51)20(46)12(4-40)63-35)16(8-60-69(56,57)58)65-33(17)59-7-15-23(49)30(18(32(55)61-15)38-10(2)44)67-34-19(39-11(3)45)31(22(48)14(6-42)62-34)68-36-28(54)26(52)21(47)13(5-41)64-36/h12-36,40-42,46-55H,4-8H2,1-3H3,(H,37,43)(H,38,44)(H,39,45)(H,56,57,58)/t12-,13-,14-,15-,16-,17-,18-,19-,20+,21+,22-,23+,24-,25+,26+,27-,28-,29-,30-,31-,32+,33?,34?,35?,36?/m1/s1. The molecule has 400 valence electrons. The van der Waals surface area contributed by atoms with Crippen molar-refractivity contribution in [3.05, 3.63) is 0 Å². The number of ether oxygens (including phenoxy) is 9. The number of rotatable bonds is 18. The fourth-order valence-electron chi connectivity index (χ4n) is 8.28. The molecular formula is C36H61N3O29S.